The third kappa shape index (κ3) is 3.39. The molecule has 5 aromatic rings. The molecule has 0 N–H and O–H groups in total. The number of nitriles is 1. The van der Waals surface area contributed by atoms with Crippen LogP contribution in [0.2, 0.25) is 0 Å². The Kier molecular flexibility index (Phi) is 5.16. The normalized spacial score (nSPS) is 13.4. The first kappa shape index (κ1) is 21.8. The Balaban J connectivity index is 1.54. The van der Waals surface area contributed by atoms with E-state index in [1.165, 1.54) is 22.5 Å². The highest BCUT2D eigenvalue weighted by Gasteiger charge is 2.36. The molecule has 3 nitrogen and oxygen atoms in total. The minimum Gasteiger partial charge on any atom is -0.310 e. The summed E-state index contributed by atoms with van der Waals surface area (Å²) in [7, 11) is 0. The van der Waals surface area contributed by atoms with Gasteiger partial charge in [-0.15, -0.1) is 0 Å². The van der Waals surface area contributed by atoms with Crippen LogP contribution in [-0.4, -0.2) is 4.98 Å². The third-order valence-corrected chi connectivity index (χ3v) is 7.16. The minimum atomic E-state index is -0.0967. The summed E-state index contributed by atoms with van der Waals surface area (Å²) < 4.78 is 0. The van der Waals surface area contributed by atoms with E-state index >= 15 is 0 Å². The van der Waals surface area contributed by atoms with Crippen LogP contribution in [0, 0.1) is 11.3 Å². The van der Waals surface area contributed by atoms with Crippen LogP contribution in [0.1, 0.15) is 30.5 Å². The van der Waals surface area contributed by atoms with E-state index in [4.69, 9.17) is 0 Å². The average Bonchev–Trinajstić information content (AvgIpc) is 2.93. The first-order chi connectivity index (χ1) is 17.6. The van der Waals surface area contributed by atoms with Crippen LogP contribution < -0.4 is 4.90 Å². The molecule has 3 heteroatoms. The molecule has 0 saturated carbocycles. The fourth-order valence-corrected chi connectivity index (χ4v) is 5.41. The van der Waals surface area contributed by atoms with E-state index in [0.29, 0.717) is 11.3 Å². The van der Waals surface area contributed by atoms with Gasteiger partial charge < -0.3 is 4.90 Å². The van der Waals surface area contributed by atoms with Gasteiger partial charge in [-0.05, 0) is 58.7 Å². The van der Waals surface area contributed by atoms with Crippen molar-refractivity contribution < 1.29 is 0 Å². The van der Waals surface area contributed by atoms with E-state index in [1.807, 2.05) is 24.3 Å². The molecule has 2 heterocycles. The van der Waals surface area contributed by atoms with Gasteiger partial charge in [0.1, 0.15) is 6.07 Å². The number of pyridine rings is 1. The van der Waals surface area contributed by atoms with E-state index in [2.05, 4.69) is 109 Å². The molecule has 0 saturated heterocycles. The van der Waals surface area contributed by atoms with Crippen LogP contribution in [0.3, 0.4) is 0 Å². The van der Waals surface area contributed by atoms with E-state index in [1.54, 1.807) is 12.3 Å². The maximum absolute atomic E-state index is 9.69. The summed E-state index contributed by atoms with van der Waals surface area (Å²) in [4.78, 5) is 6.93. The van der Waals surface area contributed by atoms with Gasteiger partial charge in [0.05, 0.1) is 22.6 Å². The Morgan fingerprint density at radius 3 is 2.03 bits per heavy atom. The minimum absolute atomic E-state index is 0.0967. The zero-order chi connectivity index (χ0) is 24.7. The van der Waals surface area contributed by atoms with Crippen molar-refractivity contribution in [1.82, 2.24) is 4.98 Å². The number of hydrogen-bond acceptors (Lipinski definition) is 3. The third-order valence-electron chi connectivity index (χ3n) is 7.16. The predicted molar refractivity (Wildman–Crippen MR) is 147 cm³/mol. The summed E-state index contributed by atoms with van der Waals surface area (Å²) in [6.07, 6.45) is 1.74. The van der Waals surface area contributed by atoms with Gasteiger partial charge in [0.2, 0.25) is 0 Å². The monoisotopic (exact) mass is 463 g/mol. The number of aromatic nitrogens is 1. The summed E-state index contributed by atoms with van der Waals surface area (Å²) in [6.45, 7) is 4.60. The van der Waals surface area contributed by atoms with Crippen LogP contribution in [0.25, 0.3) is 22.4 Å². The highest BCUT2D eigenvalue weighted by molar-refractivity contribution is 5.89. The molecule has 0 spiro atoms. The van der Waals surface area contributed by atoms with Gasteiger partial charge >= 0.3 is 0 Å². The molecule has 6 rings (SSSR count). The molecule has 172 valence electrons. The number of hydrogen-bond donors (Lipinski definition) is 0. The van der Waals surface area contributed by atoms with Crippen molar-refractivity contribution in [3.8, 4) is 28.5 Å². The number of para-hydroxylation sites is 2. The van der Waals surface area contributed by atoms with Crippen LogP contribution in [0.15, 0.2) is 115 Å². The van der Waals surface area contributed by atoms with Gasteiger partial charge in [-0.25, -0.2) is 0 Å². The van der Waals surface area contributed by atoms with Gasteiger partial charge in [0.25, 0.3) is 0 Å². The average molecular weight is 464 g/mol. The second-order valence-electron chi connectivity index (χ2n) is 9.60. The quantitative estimate of drug-likeness (QED) is 0.270. The summed E-state index contributed by atoms with van der Waals surface area (Å²) in [6, 6.07) is 40.1. The molecule has 0 bridgehead atoms. The lowest BCUT2D eigenvalue weighted by Crippen LogP contribution is -2.30. The fourth-order valence-electron chi connectivity index (χ4n) is 5.41. The SMILES string of the molecule is CC1(C)c2ccccc2N(c2cccc(-c3ccccc3-c3ncccc3C#N)c2)c2ccccc21. The van der Waals surface area contributed by atoms with Crippen molar-refractivity contribution in [3.05, 3.63) is 132 Å². The molecule has 0 radical (unpaired) electrons. The van der Waals surface area contributed by atoms with Crippen LogP contribution in [0.4, 0.5) is 17.1 Å². The van der Waals surface area contributed by atoms with Gasteiger partial charge in [-0.3, -0.25) is 4.98 Å². The number of nitrogens with zero attached hydrogens (tertiary/aromatic N) is 3. The standard InChI is InChI=1S/C33H25N3/c1-33(2)28-16-5-7-18-30(28)36(31-19-8-6-17-29(31)33)25-13-9-11-23(21-25)26-14-3-4-15-27(26)32-24(22-34)12-10-20-35-32/h3-21H,1-2H3. The Labute approximate surface area is 211 Å². The molecule has 1 aliphatic rings. The lowest BCUT2D eigenvalue weighted by molar-refractivity contribution is 0.632. The second-order valence-corrected chi connectivity index (χ2v) is 9.60. The first-order valence-electron chi connectivity index (χ1n) is 12.1. The van der Waals surface area contributed by atoms with Crippen molar-refractivity contribution in [3.63, 3.8) is 0 Å². The van der Waals surface area contributed by atoms with E-state index in [9.17, 15) is 5.26 Å². The van der Waals surface area contributed by atoms with Crippen LogP contribution in [0.5, 0.6) is 0 Å². The molecule has 0 aliphatic carbocycles. The summed E-state index contributed by atoms with van der Waals surface area (Å²) in [5.41, 5.74) is 10.4. The smallest absolute Gasteiger partial charge is 0.101 e. The Bertz CT molecular complexity index is 1590. The number of fused-ring (bicyclic) bond motifs is 2. The van der Waals surface area contributed by atoms with Crippen LogP contribution >= 0.6 is 0 Å². The molecule has 1 aliphatic heterocycles. The fraction of sp³-hybridized carbons (Fsp3) is 0.0909. The first-order valence-corrected chi connectivity index (χ1v) is 12.1. The summed E-state index contributed by atoms with van der Waals surface area (Å²) in [5.74, 6) is 0. The summed E-state index contributed by atoms with van der Waals surface area (Å²) >= 11 is 0. The van der Waals surface area contributed by atoms with E-state index in [-0.39, 0.29) is 5.41 Å². The van der Waals surface area contributed by atoms with Gasteiger partial charge in [-0.1, -0.05) is 86.6 Å². The molecule has 36 heavy (non-hydrogen) atoms. The van der Waals surface area contributed by atoms with E-state index < -0.39 is 0 Å². The molecule has 0 fully saturated rings. The number of benzene rings is 4. The van der Waals surface area contributed by atoms with Crippen molar-refractivity contribution in [2.75, 3.05) is 4.90 Å². The van der Waals surface area contributed by atoms with Crippen LogP contribution in [-0.2, 0) is 5.41 Å². The van der Waals surface area contributed by atoms with Gasteiger partial charge in [0.15, 0.2) is 0 Å². The van der Waals surface area contributed by atoms with E-state index in [0.717, 1.165) is 22.4 Å². The molecule has 1 aromatic heterocycles. The maximum Gasteiger partial charge on any atom is 0.101 e. The molecular weight excluding hydrogens is 438 g/mol. The zero-order valence-electron chi connectivity index (χ0n) is 20.3. The zero-order valence-corrected chi connectivity index (χ0v) is 20.3. The highest BCUT2D eigenvalue weighted by atomic mass is 15.2. The molecule has 4 aromatic carbocycles. The lowest BCUT2D eigenvalue weighted by atomic mass is 9.73. The summed E-state index contributed by atoms with van der Waals surface area (Å²) in [5, 5.41) is 9.69. The van der Waals surface area contributed by atoms with Crippen molar-refractivity contribution >= 4 is 17.1 Å². The second kappa shape index (κ2) is 8.52. The Morgan fingerprint density at radius 2 is 1.33 bits per heavy atom. The molecule has 0 unspecified atom stereocenters. The largest absolute Gasteiger partial charge is 0.310 e. The van der Waals surface area contributed by atoms with Crippen molar-refractivity contribution in [2.24, 2.45) is 0 Å². The molecule has 0 amide bonds. The Morgan fingerprint density at radius 1 is 0.694 bits per heavy atom. The lowest BCUT2D eigenvalue weighted by Gasteiger charge is -2.42. The maximum atomic E-state index is 9.69. The van der Waals surface area contributed by atoms with Crippen molar-refractivity contribution in [2.45, 2.75) is 19.3 Å². The predicted octanol–water partition coefficient (Wildman–Crippen LogP) is 8.40. The highest BCUT2D eigenvalue weighted by Crippen LogP contribution is 2.52. The van der Waals surface area contributed by atoms with Gasteiger partial charge in [0, 0.05) is 22.9 Å². The topological polar surface area (TPSA) is 39.9 Å². The molecule has 0 atom stereocenters. The number of anilines is 3. The van der Waals surface area contributed by atoms with Crippen molar-refractivity contribution in [1.29, 1.82) is 5.26 Å². The van der Waals surface area contributed by atoms with Gasteiger partial charge in [-0.2, -0.15) is 5.26 Å². The Hall–Kier alpha value is -4.68. The molecular formula is C33H25N3. The number of rotatable bonds is 3.